The summed E-state index contributed by atoms with van der Waals surface area (Å²) in [6, 6.07) is 12.6. The molecule has 70 heavy (non-hydrogen) atoms. The molecule has 2 aromatic carbocycles. The predicted molar refractivity (Wildman–Crippen MR) is 264 cm³/mol. The average molecular weight is 974 g/mol. The lowest BCUT2D eigenvalue weighted by Gasteiger charge is -2.32. The highest BCUT2D eigenvalue weighted by molar-refractivity contribution is 5.97. The molecule has 5 rings (SSSR count). The fraction of sp³-hybridized carbons (Fsp3) is 0.542. The van der Waals surface area contributed by atoms with E-state index in [2.05, 4.69) is 70.3 Å². The first kappa shape index (κ1) is 54.3. The Kier molecular flexibility index (Phi) is 21.4. The minimum Gasteiger partial charge on any atom is -0.463 e. The quantitative estimate of drug-likeness (QED) is 0.0306. The van der Waals surface area contributed by atoms with E-state index in [0.717, 1.165) is 62.9 Å². The molecule has 22 nitrogen and oxygen atoms in total. The molecule has 3 atom stereocenters. The van der Waals surface area contributed by atoms with E-state index < -0.39 is 36.0 Å². The molecule has 1 aliphatic rings. The number of nitrogens with one attached hydrogen (secondary N) is 6. The number of nitrogen functional groups attached to an aromatic ring is 1. The number of likely N-dealkylation sites (tertiary alicyclic amines) is 1. The molecule has 0 spiro atoms. The zero-order valence-electron chi connectivity index (χ0n) is 40.7. The number of aromatic amines is 1. The van der Waals surface area contributed by atoms with E-state index in [1.807, 2.05) is 26.0 Å². The van der Waals surface area contributed by atoms with Gasteiger partial charge in [0.15, 0.2) is 11.5 Å². The second-order valence-corrected chi connectivity index (χ2v) is 18.0. The number of rotatable bonds is 27. The number of amides is 5. The number of nitrogens with zero attached hydrogens (tertiary/aromatic N) is 4. The number of unbranched alkanes of at least 4 members (excludes halogenated alkanes) is 2. The second kappa shape index (κ2) is 27.5. The van der Waals surface area contributed by atoms with Gasteiger partial charge in [-0.05, 0) is 106 Å². The van der Waals surface area contributed by atoms with Gasteiger partial charge in [0, 0.05) is 25.3 Å². The molecule has 382 valence electrons. The van der Waals surface area contributed by atoms with Gasteiger partial charge in [0.1, 0.15) is 30.8 Å². The number of ether oxygens (including phenoxy) is 2. The standard InChI is InChI=1S/C48H71N13O9/c1-5-6-25-68-46-58-41(50)40-42(59-46)61(47(66)57-40)27-34-12-10-33(11-13-34)26-60-23-19-32(20-24-60)18-22-53-44(64)37(9-7-8-21-52-38(62)29-70-51)56-48(67)69-28-35-14-16-36(17-15-35)55-43(63)31(4)54-45(65)39(49)30(2)3/h10-17,30-32,37,39H,5-9,18-29,49,51H2,1-4H3,(H,52,62)(H,53,64)(H,54,65)(H,55,63)(H,56,67)(H,57,66)(H2,50,58,59)/t31-,37-,39-/m0/s1. The van der Waals surface area contributed by atoms with Gasteiger partial charge in [-0.15, -0.1) is 0 Å². The van der Waals surface area contributed by atoms with E-state index in [1.165, 1.54) is 4.57 Å². The van der Waals surface area contributed by atoms with Crippen LogP contribution in [0.4, 0.5) is 16.3 Å². The van der Waals surface area contributed by atoms with Crippen LogP contribution in [-0.2, 0) is 48.4 Å². The minimum atomic E-state index is -0.877. The van der Waals surface area contributed by atoms with Crippen molar-refractivity contribution in [2.75, 3.05) is 50.4 Å². The lowest BCUT2D eigenvalue weighted by atomic mass is 9.93. The Bertz CT molecular complexity index is 2380. The largest absolute Gasteiger partial charge is 0.463 e. The summed E-state index contributed by atoms with van der Waals surface area (Å²) < 4.78 is 12.7. The third-order valence-electron chi connectivity index (χ3n) is 12.1. The molecule has 1 aliphatic heterocycles. The number of carbonyl (C=O) groups excluding carboxylic acids is 5. The summed E-state index contributed by atoms with van der Waals surface area (Å²) in [7, 11) is 0. The normalized spacial score (nSPS) is 14.4. The molecule has 4 aromatic rings. The Hall–Kier alpha value is -6.62. The monoisotopic (exact) mass is 974 g/mol. The van der Waals surface area contributed by atoms with Crippen LogP contribution >= 0.6 is 0 Å². The topological polar surface area (TPSA) is 318 Å². The maximum absolute atomic E-state index is 13.5. The van der Waals surface area contributed by atoms with Crippen LogP contribution in [0.15, 0.2) is 53.3 Å². The van der Waals surface area contributed by atoms with Crippen molar-refractivity contribution in [3.8, 4) is 6.01 Å². The number of carbonyl (C=O) groups is 5. The Labute approximate surface area is 407 Å². The number of piperidine rings is 1. The smallest absolute Gasteiger partial charge is 0.408 e. The molecular formula is C48H71N13O9. The fourth-order valence-electron chi connectivity index (χ4n) is 7.74. The summed E-state index contributed by atoms with van der Waals surface area (Å²) >= 11 is 0. The fourth-order valence-corrected chi connectivity index (χ4v) is 7.74. The van der Waals surface area contributed by atoms with Crippen molar-refractivity contribution in [1.82, 2.24) is 45.7 Å². The minimum absolute atomic E-state index is 0.0824. The predicted octanol–water partition coefficient (Wildman–Crippen LogP) is 2.55. The number of hydrogen-bond acceptors (Lipinski definition) is 15. The number of imidazole rings is 1. The summed E-state index contributed by atoms with van der Waals surface area (Å²) in [5, 5.41) is 13.8. The maximum atomic E-state index is 13.5. The number of fused-ring (bicyclic) bond motifs is 1. The van der Waals surface area contributed by atoms with Gasteiger partial charge in [0.05, 0.1) is 19.2 Å². The van der Waals surface area contributed by atoms with E-state index in [-0.39, 0.29) is 48.5 Å². The lowest BCUT2D eigenvalue weighted by Crippen LogP contribution is -2.50. The molecule has 0 aliphatic carbocycles. The number of nitrogens with two attached hydrogens (primary N) is 3. The van der Waals surface area contributed by atoms with Gasteiger partial charge in [-0.3, -0.25) is 33.5 Å². The zero-order valence-corrected chi connectivity index (χ0v) is 40.7. The van der Waals surface area contributed by atoms with Crippen molar-refractivity contribution >= 4 is 52.4 Å². The molecule has 3 heterocycles. The Balaban J connectivity index is 1.05. The number of benzene rings is 2. The van der Waals surface area contributed by atoms with Crippen LogP contribution in [-0.4, -0.2) is 112 Å². The summed E-state index contributed by atoms with van der Waals surface area (Å²) in [5.41, 5.74) is 15.7. The highest BCUT2D eigenvalue weighted by Gasteiger charge is 2.25. The molecule has 5 amide bonds. The molecule has 12 N–H and O–H groups in total. The SMILES string of the molecule is CCCCOc1nc(N)c2[nH]c(=O)n(Cc3ccc(CN4CCC(CCNC(=O)[C@H](CCCCNC(=O)CON)NC(=O)OCc5ccc(NC(=O)[C@H](C)NC(=O)[C@@H](N)C(C)C)cc5)CC4)cc3)c2n1. The summed E-state index contributed by atoms with van der Waals surface area (Å²) in [6.45, 7) is 11.1. The number of H-pyrrole nitrogens is 1. The number of aromatic nitrogens is 4. The third-order valence-corrected chi connectivity index (χ3v) is 12.1. The first-order valence-electron chi connectivity index (χ1n) is 24.1. The maximum Gasteiger partial charge on any atom is 0.408 e. The van der Waals surface area contributed by atoms with Crippen molar-refractivity contribution < 1.29 is 38.3 Å². The first-order chi connectivity index (χ1) is 33.6. The molecule has 2 aromatic heterocycles. The highest BCUT2D eigenvalue weighted by atomic mass is 16.6. The van der Waals surface area contributed by atoms with Crippen molar-refractivity contribution in [1.29, 1.82) is 0 Å². The molecule has 0 bridgehead atoms. The van der Waals surface area contributed by atoms with Gasteiger partial charge in [-0.1, -0.05) is 63.6 Å². The van der Waals surface area contributed by atoms with Crippen molar-refractivity contribution in [2.24, 2.45) is 23.5 Å². The van der Waals surface area contributed by atoms with Crippen molar-refractivity contribution in [2.45, 2.75) is 117 Å². The lowest BCUT2D eigenvalue weighted by molar-refractivity contribution is -0.127. The molecule has 1 saturated heterocycles. The van der Waals surface area contributed by atoms with Crippen molar-refractivity contribution in [3.05, 3.63) is 75.7 Å². The second-order valence-electron chi connectivity index (χ2n) is 18.0. The van der Waals surface area contributed by atoms with Gasteiger partial charge in [-0.2, -0.15) is 9.97 Å². The summed E-state index contributed by atoms with van der Waals surface area (Å²) in [5.74, 6) is 3.94. The van der Waals surface area contributed by atoms with Gasteiger partial charge in [-0.25, -0.2) is 15.5 Å². The van der Waals surface area contributed by atoms with E-state index in [1.54, 1.807) is 31.2 Å². The van der Waals surface area contributed by atoms with E-state index in [0.29, 0.717) is 73.8 Å². The zero-order chi connectivity index (χ0) is 50.6. The molecular weight excluding hydrogens is 903 g/mol. The number of anilines is 2. The Morgan fingerprint density at radius 1 is 0.843 bits per heavy atom. The molecule has 0 unspecified atom stereocenters. The Morgan fingerprint density at radius 2 is 1.53 bits per heavy atom. The van der Waals surface area contributed by atoms with Crippen LogP contribution in [0.5, 0.6) is 6.01 Å². The molecule has 0 radical (unpaired) electrons. The molecule has 0 saturated carbocycles. The van der Waals surface area contributed by atoms with E-state index in [4.69, 9.17) is 26.8 Å². The third kappa shape index (κ3) is 17.1. The Morgan fingerprint density at radius 3 is 2.20 bits per heavy atom. The number of alkyl carbamates (subject to hydrolysis) is 1. The van der Waals surface area contributed by atoms with Gasteiger partial charge in [0.25, 0.3) is 0 Å². The summed E-state index contributed by atoms with van der Waals surface area (Å²) in [6.07, 6.45) is 5.14. The van der Waals surface area contributed by atoms with Crippen LogP contribution in [0.1, 0.15) is 95.8 Å². The highest BCUT2D eigenvalue weighted by Crippen LogP contribution is 2.23. The van der Waals surface area contributed by atoms with Crippen LogP contribution < -0.4 is 54.4 Å². The van der Waals surface area contributed by atoms with Crippen LogP contribution in [0, 0.1) is 11.8 Å². The van der Waals surface area contributed by atoms with Gasteiger partial charge >= 0.3 is 17.8 Å². The molecule has 22 heteroatoms. The first-order valence-corrected chi connectivity index (χ1v) is 24.1. The molecule has 1 fully saturated rings. The van der Waals surface area contributed by atoms with Crippen molar-refractivity contribution in [3.63, 3.8) is 0 Å². The van der Waals surface area contributed by atoms with Gasteiger partial charge < -0.3 is 52.5 Å². The van der Waals surface area contributed by atoms with E-state index in [9.17, 15) is 28.8 Å². The summed E-state index contributed by atoms with van der Waals surface area (Å²) in [4.78, 5) is 94.2. The van der Waals surface area contributed by atoms with E-state index >= 15 is 0 Å². The van der Waals surface area contributed by atoms with Crippen LogP contribution in [0.25, 0.3) is 11.2 Å². The number of hydrogen-bond donors (Lipinski definition) is 9. The average Bonchev–Trinajstić information content (AvgIpc) is 3.65. The van der Waals surface area contributed by atoms with Crippen LogP contribution in [0.2, 0.25) is 0 Å². The van der Waals surface area contributed by atoms with Crippen LogP contribution in [0.3, 0.4) is 0 Å². The van der Waals surface area contributed by atoms with Gasteiger partial charge in [0.2, 0.25) is 23.6 Å².